The third-order valence-electron chi connectivity index (χ3n) is 9.77. The van der Waals surface area contributed by atoms with Crippen molar-refractivity contribution in [1.82, 2.24) is 25.8 Å². The number of hydrogen-bond donors (Lipinski definition) is 3. The highest BCUT2D eigenvalue weighted by atomic mass is 16.6. The minimum absolute atomic E-state index is 0.0370. The summed E-state index contributed by atoms with van der Waals surface area (Å²) in [6, 6.07) is 6.84. The number of alkyl carbamates (subject to hydrolysis) is 1. The Hall–Kier alpha value is -4.42. The van der Waals surface area contributed by atoms with Crippen LogP contribution in [0.2, 0.25) is 0 Å². The fraction of sp³-hybridized carbons (Fsp3) is 0.622. The van der Waals surface area contributed by atoms with Gasteiger partial charge in [0, 0.05) is 32.4 Å². The van der Waals surface area contributed by atoms with E-state index in [9.17, 15) is 28.8 Å². The summed E-state index contributed by atoms with van der Waals surface area (Å²) in [5.74, 6) is -2.42. The van der Waals surface area contributed by atoms with Gasteiger partial charge in [0.25, 0.3) is 0 Å². The monoisotopic (exact) mass is 693 g/mol. The number of nitrogens with one attached hydrogen (secondary N) is 3. The van der Waals surface area contributed by atoms with Crippen molar-refractivity contribution in [3.8, 4) is 0 Å². The molecule has 3 heterocycles. The number of fused-ring (bicyclic) bond motifs is 2. The average Bonchev–Trinajstić information content (AvgIpc) is 3.35. The topological polar surface area (TPSA) is 163 Å². The third-order valence-corrected chi connectivity index (χ3v) is 9.77. The zero-order valence-electron chi connectivity index (χ0n) is 29.6. The van der Waals surface area contributed by atoms with Crippen LogP contribution in [0.15, 0.2) is 42.5 Å². The highest BCUT2D eigenvalue weighted by Crippen LogP contribution is 2.47. The van der Waals surface area contributed by atoms with E-state index in [1.54, 1.807) is 25.7 Å². The van der Waals surface area contributed by atoms with Gasteiger partial charge in [0.1, 0.15) is 35.4 Å². The van der Waals surface area contributed by atoms with Crippen LogP contribution in [0.3, 0.4) is 0 Å². The van der Waals surface area contributed by atoms with Gasteiger partial charge in [-0.15, -0.1) is 0 Å². The molecule has 1 aliphatic carbocycles. The number of nitrogens with zero attached hydrogens (tertiary/aromatic N) is 2. The number of amides is 5. The van der Waals surface area contributed by atoms with Gasteiger partial charge in [-0.05, 0) is 64.9 Å². The van der Waals surface area contributed by atoms with E-state index in [-0.39, 0.29) is 30.7 Å². The SMILES string of the molecule is CC(=O)O[C@@H]1C[C@H]2C(=O)N[C@]3(C(=O)N4CCC[C@@H]4C(=O)NCc4ccccc4)C[C@@H]3/C=C\CCCCC[C@H](NC(=O)OC(C)(C)C)C(=O)N2C1. The number of carbonyl (C=O) groups is 6. The number of ether oxygens (including phenoxy) is 2. The zero-order valence-corrected chi connectivity index (χ0v) is 29.6. The van der Waals surface area contributed by atoms with E-state index in [0.717, 1.165) is 24.8 Å². The molecule has 2 saturated heterocycles. The smallest absolute Gasteiger partial charge is 0.408 e. The number of esters is 1. The molecule has 3 fully saturated rings. The largest absolute Gasteiger partial charge is 0.461 e. The lowest BCUT2D eigenvalue weighted by Gasteiger charge is -2.32. The summed E-state index contributed by atoms with van der Waals surface area (Å²) >= 11 is 0. The van der Waals surface area contributed by atoms with E-state index in [1.165, 1.54) is 11.8 Å². The van der Waals surface area contributed by atoms with Crippen LogP contribution in [-0.4, -0.2) is 94.0 Å². The average molecular weight is 694 g/mol. The Morgan fingerprint density at radius 2 is 1.78 bits per heavy atom. The predicted molar refractivity (Wildman–Crippen MR) is 183 cm³/mol. The van der Waals surface area contributed by atoms with E-state index in [2.05, 4.69) is 16.0 Å². The van der Waals surface area contributed by atoms with E-state index in [1.807, 2.05) is 42.5 Å². The lowest BCUT2D eigenvalue weighted by Crippen LogP contribution is -2.59. The molecule has 50 heavy (non-hydrogen) atoms. The van der Waals surface area contributed by atoms with Gasteiger partial charge in [-0.2, -0.15) is 0 Å². The molecule has 1 aromatic rings. The van der Waals surface area contributed by atoms with Crippen molar-refractivity contribution in [3.05, 3.63) is 48.0 Å². The second-order valence-electron chi connectivity index (χ2n) is 14.9. The molecule has 5 amide bonds. The Kier molecular flexibility index (Phi) is 11.5. The van der Waals surface area contributed by atoms with Crippen molar-refractivity contribution >= 4 is 35.7 Å². The molecule has 6 atom stereocenters. The van der Waals surface area contributed by atoms with Crippen molar-refractivity contribution in [2.45, 2.75) is 127 Å². The number of rotatable bonds is 6. The van der Waals surface area contributed by atoms with Crippen LogP contribution in [0, 0.1) is 5.92 Å². The molecule has 3 N–H and O–H groups in total. The zero-order chi connectivity index (χ0) is 36.1. The molecule has 13 heteroatoms. The number of allylic oxidation sites excluding steroid dienone is 1. The van der Waals surface area contributed by atoms with Crippen LogP contribution < -0.4 is 16.0 Å². The molecule has 4 aliphatic rings. The summed E-state index contributed by atoms with van der Waals surface area (Å²) in [7, 11) is 0. The lowest BCUT2D eigenvalue weighted by molar-refractivity contribution is -0.147. The Morgan fingerprint density at radius 1 is 1.02 bits per heavy atom. The molecule has 1 aromatic carbocycles. The number of likely N-dealkylation sites (tertiary alicyclic amines) is 1. The van der Waals surface area contributed by atoms with Gasteiger partial charge >= 0.3 is 12.1 Å². The van der Waals surface area contributed by atoms with Crippen molar-refractivity contribution < 1.29 is 38.2 Å². The number of benzene rings is 1. The van der Waals surface area contributed by atoms with Crippen molar-refractivity contribution in [2.24, 2.45) is 5.92 Å². The molecule has 272 valence electrons. The Bertz CT molecular complexity index is 1480. The van der Waals surface area contributed by atoms with Crippen LogP contribution in [0.25, 0.3) is 0 Å². The van der Waals surface area contributed by atoms with Crippen molar-refractivity contribution in [1.29, 1.82) is 0 Å². The molecular weight excluding hydrogens is 642 g/mol. The first-order valence-electron chi connectivity index (χ1n) is 17.9. The maximum absolute atomic E-state index is 14.4. The van der Waals surface area contributed by atoms with E-state index >= 15 is 0 Å². The van der Waals surface area contributed by atoms with E-state index in [0.29, 0.717) is 45.2 Å². The van der Waals surface area contributed by atoms with Gasteiger partial charge in [-0.1, -0.05) is 55.3 Å². The summed E-state index contributed by atoms with van der Waals surface area (Å²) in [4.78, 5) is 83.8. The summed E-state index contributed by atoms with van der Waals surface area (Å²) in [6.45, 7) is 7.14. The van der Waals surface area contributed by atoms with Crippen molar-refractivity contribution in [3.63, 3.8) is 0 Å². The molecule has 0 spiro atoms. The van der Waals surface area contributed by atoms with Crippen LogP contribution in [-0.2, 0) is 40.0 Å². The molecular formula is C37H51N5O8. The highest BCUT2D eigenvalue weighted by Gasteiger charge is 2.63. The summed E-state index contributed by atoms with van der Waals surface area (Å²) < 4.78 is 10.9. The van der Waals surface area contributed by atoms with Gasteiger partial charge in [-0.25, -0.2) is 4.79 Å². The molecule has 13 nitrogen and oxygen atoms in total. The van der Waals surface area contributed by atoms with Crippen molar-refractivity contribution in [2.75, 3.05) is 13.1 Å². The predicted octanol–water partition coefficient (Wildman–Crippen LogP) is 3.11. The van der Waals surface area contributed by atoms with Crippen LogP contribution in [0.5, 0.6) is 0 Å². The van der Waals surface area contributed by atoms with E-state index < -0.39 is 59.2 Å². The first-order chi connectivity index (χ1) is 23.8. The Morgan fingerprint density at radius 3 is 2.50 bits per heavy atom. The summed E-state index contributed by atoms with van der Waals surface area (Å²) in [6.07, 6.45) is 7.44. The normalized spacial score (nSPS) is 29.3. The first kappa shape index (κ1) is 36.9. The van der Waals surface area contributed by atoms with Crippen LogP contribution >= 0.6 is 0 Å². The standard InChI is InChI=1S/C37H51N5O8/c1-24(43)49-27-20-30-32(45)40-37(34(47)41-19-13-18-29(41)31(44)38-22-25-14-9-8-10-15-25)21-26(37)16-11-6-5-7-12-17-28(33(46)42(30)23-27)39-35(48)50-36(2,3)4/h8-11,14-16,26-30H,5-7,12-13,17-23H2,1-4H3,(H,38,44)(H,39,48)(H,40,45)/b16-11-/t26-,27+,28-,29+,30-,37+/m0/s1. The number of hydrogen-bond acceptors (Lipinski definition) is 8. The minimum Gasteiger partial charge on any atom is -0.461 e. The Labute approximate surface area is 293 Å². The second kappa shape index (κ2) is 15.6. The minimum atomic E-state index is -1.28. The quantitative estimate of drug-likeness (QED) is 0.302. The molecule has 0 aromatic heterocycles. The van der Waals surface area contributed by atoms with Gasteiger partial charge in [0.15, 0.2) is 0 Å². The summed E-state index contributed by atoms with van der Waals surface area (Å²) in [5.41, 5.74) is -1.12. The van der Waals surface area contributed by atoms with Gasteiger partial charge in [0.05, 0.1) is 6.54 Å². The van der Waals surface area contributed by atoms with Gasteiger partial charge in [0.2, 0.25) is 23.6 Å². The molecule has 0 unspecified atom stereocenters. The maximum atomic E-state index is 14.4. The van der Waals surface area contributed by atoms with Gasteiger partial charge in [-0.3, -0.25) is 24.0 Å². The fourth-order valence-electron chi connectivity index (χ4n) is 7.27. The fourth-order valence-corrected chi connectivity index (χ4v) is 7.27. The molecule has 3 aliphatic heterocycles. The molecule has 0 bridgehead atoms. The third kappa shape index (κ3) is 9.02. The van der Waals surface area contributed by atoms with Crippen LogP contribution in [0.4, 0.5) is 4.79 Å². The van der Waals surface area contributed by atoms with E-state index in [4.69, 9.17) is 9.47 Å². The molecule has 1 saturated carbocycles. The maximum Gasteiger partial charge on any atom is 0.408 e. The lowest BCUT2D eigenvalue weighted by atomic mass is 10.0. The summed E-state index contributed by atoms with van der Waals surface area (Å²) in [5, 5.41) is 8.70. The molecule has 0 radical (unpaired) electrons. The molecule has 5 rings (SSSR count). The highest BCUT2D eigenvalue weighted by molar-refractivity contribution is 6.00. The van der Waals surface area contributed by atoms with Gasteiger partial charge < -0.3 is 35.2 Å². The first-order valence-corrected chi connectivity index (χ1v) is 17.9. The van der Waals surface area contributed by atoms with Crippen LogP contribution in [0.1, 0.15) is 91.0 Å². The number of carbonyl (C=O) groups excluding carboxylic acids is 6. The Balaban J connectivity index is 1.38. The second-order valence-corrected chi connectivity index (χ2v) is 14.9.